The molecular formula is C19H16F3N5O4. The molecule has 0 bridgehead atoms. The van der Waals surface area contributed by atoms with Crippen LogP contribution in [0.25, 0.3) is 0 Å². The molecule has 12 heteroatoms. The van der Waals surface area contributed by atoms with Crippen molar-refractivity contribution in [3.8, 4) is 11.5 Å². The van der Waals surface area contributed by atoms with Crippen molar-refractivity contribution in [3.63, 3.8) is 0 Å². The molecule has 0 radical (unpaired) electrons. The van der Waals surface area contributed by atoms with Crippen molar-refractivity contribution < 1.29 is 27.6 Å². The van der Waals surface area contributed by atoms with Crippen molar-refractivity contribution in [3.05, 3.63) is 65.0 Å². The number of benzene rings is 2. The number of nitro groups is 1. The Kier molecular flexibility index (Phi) is 6.38. The average molecular weight is 435 g/mol. The lowest BCUT2D eigenvalue weighted by molar-refractivity contribution is -0.383. The fraction of sp³-hybridized carbons (Fsp3) is 0.158. The highest BCUT2D eigenvalue weighted by Crippen LogP contribution is 2.35. The molecule has 0 unspecified atom stereocenters. The van der Waals surface area contributed by atoms with Gasteiger partial charge in [0.15, 0.2) is 0 Å². The van der Waals surface area contributed by atoms with E-state index in [-0.39, 0.29) is 17.3 Å². The molecule has 3 aromatic rings. The molecule has 9 nitrogen and oxygen atoms in total. The highest BCUT2D eigenvalue weighted by atomic mass is 19.4. The summed E-state index contributed by atoms with van der Waals surface area (Å²) in [6, 6.07) is 11.5. The first-order valence-corrected chi connectivity index (χ1v) is 8.88. The molecule has 2 N–H and O–H groups in total. The van der Waals surface area contributed by atoms with Crippen molar-refractivity contribution in [2.24, 2.45) is 0 Å². The van der Waals surface area contributed by atoms with Gasteiger partial charge in [-0.05, 0) is 43.3 Å². The summed E-state index contributed by atoms with van der Waals surface area (Å²) in [5, 5.41) is 17.3. The molecule has 0 saturated carbocycles. The standard InChI is InChI=1S/C19H16F3N5O4/c1-2-30-15-6-4-3-5-14(15)26-18-16(27(28)29)17(23-11-24-18)25-12-7-9-13(10-8-12)31-19(20,21)22/h3-11H,2H2,1H3,(H2,23,24,25,26). The van der Waals surface area contributed by atoms with Crippen LogP contribution >= 0.6 is 0 Å². The summed E-state index contributed by atoms with van der Waals surface area (Å²) in [5.74, 6) is -0.189. The lowest BCUT2D eigenvalue weighted by Gasteiger charge is -2.13. The van der Waals surface area contributed by atoms with Crippen LogP contribution in [-0.4, -0.2) is 27.9 Å². The number of halogens is 3. The predicted molar refractivity (Wildman–Crippen MR) is 106 cm³/mol. The van der Waals surface area contributed by atoms with Gasteiger partial charge in [-0.3, -0.25) is 10.1 Å². The molecule has 0 amide bonds. The molecule has 162 valence electrons. The van der Waals surface area contributed by atoms with E-state index in [0.717, 1.165) is 18.5 Å². The second-order valence-corrected chi connectivity index (χ2v) is 5.93. The number of rotatable bonds is 8. The molecule has 0 aliphatic carbocycles. The number of anilines is 4. The van der Waals surface area contributed by atoms with Crippen LogP contribution in [0.15, 0.2) is 54.9 Å². The number of aromatic nitrogens is 2. The van der Waals surface area contributed by atoms with Crippen molar-refractivity contribution in [1.82, 2.24) is 9.97 Å². The van der Waals surface area contributed by atoms with Gasteiger partial charge in [0.2, 0.25) is 11.6 Å². The highest BCUT2D eigenvalue weighted by Gasteiger charge is 2.31. The zero-order chi connectivity index (χ0) is 22.4. The number of nitrogens with one attached hydrogen (secondary N) is 2. The number of para-hydroxylation sites is 2. The van der Waals surface area contributed by atoms with E-state index in [2.05, 4.69) is 25.3 Å². The van der Waals surface area contributed by atoms with Gasteiger partial charge < -0.3 is 20.1 Å². The van der Waals surface area contributed by atoms with Crippen LogP contribution in [0.5, 0.6) is 11.5 Å². The van der Waals surface area contributed by atoms with Crippen molar-refractivity contribution >= 4 is 28.7 Å². The summed E-state index contributed by atoms with van der Waals surface area (Å²) < 4.78 is 46.2. The molecule has 31 heavy (non-hydrogen) atoms. The molecule has 2 aromatic carbocycles. The second-order valence-electron chi connectivity index (χ2n) is 5.93. The first-order valence-electron chi connectivity index (χ1n) is 8.88. The summed E-state index contributed by atoms with van der Waals surface area (Å²) >= 11 is 0. The van der Waals surface area contributed by atoms with E-state index in [1.54, 1.807) is 31.2 Å². The fourth-order valence-corrected chi connectivity index (χ4v) is 2.59. The van der Waals surface area contributed by atoms with E-state index >= 15 is 0 Å². The van der Waals surface area contributed by atoms with Crippen molar-refractivity contribution in [1.29, 1.82) is 0 Å². The van der Waals surface area contributed by atoms with E-state index < -0.39 is 22.7 Å². The van der Waals surface area contributed by atoms with Gasteiger partial charge in [-0.25, -0.2) is 9.97 Å². The minimum absolute atomic E-state index is 0.0910. The topological polar surface area (TPSA) is 111 Å². The number of ether oxygens (including phenoxy) is 2. The SMILES string of the molecule is CCOc1ccccc1Nc1ncnc(Nc2ccc(OC(F)(F)F)cc2)c1[N+](=O)[O-]. The van der Waals surface area contributed by atoms with E-state index in [1.165, 1.54) is 12.1 Å². The Hall–Kier alpha value is -4.09. The van der Waals surface area contributed by atoms with Gasteiger partial charge in [0, 0.05) is 5.69 Å². The molecule has 1 heterocycles. The van der Waals surface area contributed by atoms with E-state index in [1.807, 2.05) is 0 Å². The van der Waals surface area contributed by atoms with Gasteiger partial charge in [-0.1, -0.05) is 12.1 Å². The third-order valence-electron chi connectivity index (χ3n) is 3.80. The van der Waals surface area contributed by atoms with Gasteiger partial charge in [-0.2, -0.15) is 0 Å². The summed E-state index contributed by atoms with van der Waals surface area (Å²) in [6.45, 7) is 2.20. The molecule has 0 aliphatic heterocycles. The summed E-state index contributed by atoms with van der Waals surface area (Å²) in [5.41, 5.74) is 0.271. The van der Waals surface area contributed by atoms with Gasteiger partial charge in [0.05, 0.1) is 17.2 Å². The molecule has 0 fully saturated rings. The minimum atomic E-state index is -4.82. The van der Waals surface area contributed by atoms with Crippen LogP contribution in [0.4, 0.5) is 41.9 Å². The zero-order valence-electron chi connectivity index (χ0n) is 16.0. The van der Waals surface area contributed by atoms with E-state index in [9.17, 15) is 23.3 Å². The normalized spacial score (nSPS) is 11.0. The molecule has 0 atom stereocenters. The Bertz CT molecular complexity index is 1060. The Morgan fingerprint density at radius 1 is 1.03 bits per heavy atom. The summed E-state index contributed by atoms with van der Waals surface area (Å²) in [6.07, 6.45) is -3.71. The van der Waals surface area contributed by atoms with Crippen molar-refractivity contribution in [2.75, 3.05) is 17.2 Å². The van der Waals surface area contributed by atoms with Crippen LogP contribution in [0.2, 0.25) is 0 Å². The molecule has 0 saturated heterocycles. The van der Waals surface area contributed by atoms with Crippen LogP contribution < -0.4 is 20.1 Å². The maximum atomic E-state index is 12.3. The van der Waals surface area contributed by atoms with Gasteiger partial charge in [0.25, 0.3) is 0 Å². The predicted octanol–water partition coefficient (Wildman–Crippen LogP) is 5.17. The third-order valence-corrected chi connectivity index (χ3v) is 3.80. The third kappa shape index (κ3) is 5.72. The lowest BCUT2D eigenvalue weighted by atomic mass is 10.2. The Balaban J connectivity index is 1.88. The van der Waals surface area contributed by atoms with Gasteiger partial charge in [-0.15, -0.1) is 13.2 Å². The van der Waals surface area contributed by atoms with E-state index in [0.29, 0.717) is 18.0 Å². The Morgan fingerprint density at radius 3 is 2.29 bits per heavy atom. The average Bonchev–Trinajstić information content (AvgIpc) is 2.70. The van der Waals surface area contributed by atoms with Gasteiger partial charge >= 0.3 is 12.0 Å². The molecule has 0 aliphatic rings. The molecule has 1 aromatic heterocycles. The van der Waals surface area contributed by atoms with E-state index in [4.69, 9.17) is 4.74 Å². The molecule has 3 rings (SSSR count). The maximum absolute atomic E-state index is 12.3. The van der Waals surface area contributed by atoms with Crippen LogP contribution in [0.1, 0.15) is 6.92 Å². The second kappa shape index (κ2) is 9.15. The van der Waals surface area contributed by atoms with Crippen LogP contribution in [-0.2, 0) is 0 Å². The number of hydrogen-bond donors (Lipinski definition) is 2. The first-order chi connectivity index (χ1) is 14.8. The number of nitrogens with zero attached hydrogens (tertiary/aromatic N) is 3. The highest BCUT2D eigenvalue weighted by molar-refractivity contribution is 5.78. The molecular weight excluding hydrogens is 419 g/mol. The summed E-state index contributed by atoms with van der Waals surface area (Å²) in [4.78, 5) is 18.9. The summed E-state index contributed by atoms with van der Waals surface area (Å²) in [7, 11) is 0. The number of alkyl halides is 3. The first kappa shape index (κ1) is 21.6. The smallest absolute Gasteiger partial charge is 0.492 e. The zero-order valence-corrected chi connectivity index (χ0v) is 16.0. The Labute approximate surface area is 174 Å². The lowest BCUT2D eigenvalue weighted by Crippen LogP contribution is -2.17. The Morgan fingerprint density at radius 2 is 1.68 bits per heavy atom. The quantitative estimate of drug-likeness (QED) is 0.368. The number of hydrogen-bond acceptors (Lipinski definition) is 8. The van der Waals surface area contributed by atoms with Crippen LogP contribution in [0.3, 0.4) is 0 Å². The largest absolute Gasteiger partial charge is 0.573 e. The van der Waals surface area contributed by atoms with Crippen molar-refractivity contribution in [2.45, 2.75) is 13.3 Å². The minimum Gasteiger partial charge on any atom is -0.492 e. The van der Waals surface area contributed by atoms with Crippen LogP contribution in [0, 0.1) is 10.1 Å². The maximum Gasteiger partial charge on any atom is 0.573 e. The molecule has 0 spiro atoms. The monoisotopic (exact) mass is 435 g/mol. The fourth-order valence-electron chi connectivity index (χ4n) is 2.59. The van der Waals surface area contributed by atoms with Gasteiger partial charge in [0.1, 0.15) is 17.8 Å².